The van der Waals surface area contributed by atoms with Crippen LogP contribution in [0.3, 0.4) is 0 Å². The molecule has 3 fully saturated rings. The van der Waals surface area contributed by atoms with Gasteiger partial charge in [-0.05, 0) is 98.3 Å². The summed E-state index contributed by atoms with van der Waals surface area (Å²) in [5.41, 5.74) is 2.67. The van der Waals surface area contributed by atoms with Gasteiger partial charge in [0.2, 0.25) is 5.91 Å². The third-order valence-electron chi connectivity index (χ3n) is 13.5. The molecule has 69 heavy (non-hydrogen) atoms. The standard InChI is InChI=1S/C49H52F3N7O9S/c1-5-67-43-22-31(8-13-41(43)66-3)40(27-69(4,64)65)59-46(61)34-12-9-32(23-35(34)47(59)62)57-19-14-30(15-20-57)37-16-18-56(28-49(37,51)52)26-29-6-10-33(11-7-29)68-42-25-39-36(24-38(42)50)45(54-55(39)2)58-21-17-44(60)53-48(58)63/h6-13,22-25,30,37,40H,5,14-21,26-28H2,1-4H3,(H,53,60,63)/t37-,40-/m1/s1. The smallest absolute Gasteiger partial charge is 0.329 e. The molecule has 0 saturated carbocycles. The number of ether oxygens (including phenoxy) is 3. The van der Waals surface area contributed by atoms with E-state index in [9.17, 15) is 27.6 Å². The van der Waals surface area contributed by atoms with Crippen molar-refractivity contribution >= 4 is 56.0 Å². The Hall–Kier alpha value is -6.67. The summed E-state index contributed by atoms with van der Waals surface area (Å²) in [4.78, 5) is 58.1. The summed E-state index contributed by atoms with van der Waals surface area (Å²) in [6, 6.07) is 17.5. The number of carbonyl (C=O) groups excluding carboxylic acids is 4. The SMILES string of the molecule is CCOc1cc([C@@H](CS(C)(=O)=O)N2C(=O)c3ccc(N4CCC([C@H]5CCN(Cc6ccc(Oc7cc8c(cc7F)c(N7CCC(=O)NC7=O)nn8C)cc6)CC5(F)F)CC4)cc3C2=O)ccc1OC. The minimum Gasteiger partial charge on any atom is -0.493 e. The molecule has 5 amide bonds. The lowest BCUT2D eigenvalue weighted by molar-refractivity contribution is -0.133. The van der Waals surface area contributed by atoms with E-state index in [4.69, 9.17) is 14.2 Å². The van der Waals surface area contributed by atoms with Crippen molar-refractivity contribution in [2.75, 3.05) is 68.2 Å². The van der Waals surface area contributed by atoms with Gasteiger partial charge in [-0.25, -0.2) is 26.4 Å². The van der Waals surface area contributed by atoms with Gasteiger partial charge < -0.3 is 19.1 Å². The summed E-state index contributed by atoms with van der Waals surface area (Å²) in [6.07, 6.45) is 2.49. The van der Waals surface area contributed by atoms with Crippen molar-refractivity contribution in [3.8, 4) is 23.0 Å². The van der Waals surface area contributed by atoms with E-state index in [0.29, 0.717) is 84.9 Å². The van der Waals surface area contributed by atoms with Crippen LogP contribution in [0.15, 0.2) is 72.8 Å². The molecule has 3 saturated heterocycles. The highest BCUT2D eigenvalue weighted by atomic mass is 32.2. The number of carbonyl (C=O) groups is 4. The molecule has 5 aromatic rings. The van der Waals surface area contributed by atoms with Crippen LogP contribution in [0.1, 0.15) is 70.5 Å². The molecular formula is C49H52F3N7O9S. The Morgan fingerprint density at radius 3 is 2.29 bits per heavy atom. The molecule has 9 rings (SSSR count). The Morgan fingerprint density at radius 2 is 1.61 bits per heavy atom. The van der Waals surface area contributed by atoms with Crippen LogP contribution >= 0.6 is 0 Å². The van der Waals surface area contributed by atoms with Crippen molar-refractivity contribution in [3.63, 3.8) is 0 Å². The number of fused-ring (bicyclic) bond motifs is 2. The zero-order valence-electron chi connectivity index (χ0n) is 38.5. The molecule has 1 N–H and O–H groups in total. The molecule has 1 aromatic heterocycles. The summed E-state index contributed by atoms with van der Waals surface area (Å²) in [5.74, 6) is -5.54. The fourth-order valence-electron chi connectivity index (χ4n) is 10.1. The summed E-state index contributed by atoms with van der Waals surface area (Å²) in [5, 5.41) is 7.02. The molecule has 4 aliphatic heterocycles. The minimum absolute atomic E-state index is 0.0681. The molecule has 4 aromatic carbocycles. The number of aromatic nitrogens is 2. The van der Waals surface area contributed by atoms with Gasteiger partial charge in [0.25, 0.3) is 17.7 Å². The number of nitrogens with one attached hydrogen (secondary N) is 1. The van der Waals surface area contributed by atoms with E-state index in [1.54, 1.807) is 79.5 Å². The number of imide groups is 2. The van der Waals surface area contributed by atoms with Crippen LogP contribution in [0.4, 0.5) is 29.5 Å². The maximum Gasteiger partial charge on any atom is 0.329 e. The van der Waals surface area contributed by atoms with E-state index in [2.05, 4.69) is 10.4 Å². The fourth-order valence-corrected chi connectivity index (χ4v) is 11.1. The number of nitrogens with zero attached hydrogens (tertiary/aromatic N) is 6. The Morgan fingerprint density at radius 1 is 0.870 bits per heavy atom. The Labute approximate surface area is 396 Å². The Kier molecular flexibility index (Phi) is 12.8. The van der Waals surface area contributed by atoms with E-state index in [1.165, 1.54) is 28.8 Å². The van der Waals surface area contributed by atoms with Gasteiger partial charge in [0.1, 0.15) is 15.6 Å². The van der Waals surface area contributed by atoms with E-state index >= 15 is 13.2 Å². The van der Waals surface area contributed by atoms with Gasteiger partial charge >= 0.3 is 6.03 Å². The number of hydrogen-bond acceptors (Lipinski definition) is 12. The molecule has 20 heteroatoms. The maximum absolute atomic E-state index is 16.0. The van der Waals surface area contributed by atoms with Crippen molar-refractivity contribution in [1.82, 2.24) is 24.9 Å². The predicted molar refractivity (Wildman–Crippen MR) is 250 cm³/mol. The molecule has 0 aliphatic carbocycles. The van der Waals surface area contributed by atoms with Crippen molar-refractivity contribution in [3.05, 3.63) is 101 Å². The van der Waals surface area contributed by atoms with Gasteiger partial charge in [-0.3, -0.25) is 39.1 Å². The Balaban J connectivity index is 0.803. The summed E-state index contributed by atoms with van der Waals surface area (Å²) >= 11 is 0. The minimum atomic E-state index is -3.68. The van der Waals surface area contributed by atoms with Crippen LogP contribution in [0.2, 0.25) is 0 Å². The number of benzene rings is 4. The third kappa shape index (κ3) is 9.55. The first-order chi connectivity index (χ1) is 32.9. The van der Waals surface area contributed by atoms with E-state index in [1.807, 2.05) is 4.90 Å². The van der Waals surface area contributed by atoms with Crippen molar-refractivity contribution in [2.24, 2.45) is 18.9 Å². The van der Waals surface area contributed by atoms with E-state index in [-0.39, 0.29) is 48.1 Å². The third-order valence-corrected chi connectivity index (χ3v) is 14.4. The molecule has 0 bridgehead atoms. The lowest BCUT2D eigenvalue weighted by Gasteiger charge is -2.44. The number of methoxy groups -OCH3 is 1. The van der Waals surface area contributed by atoms with Crippen molar-refractivity contribution in [2.45, 2.75) is 51.1 Å². The van der Waals surface area contributed by atoms with Crippen LogP contribution in [0.25, 0.3) is 10.9 Å². The van der Waals surface area contributed by atoms with Gasteiger partial charge in [0, 0.05) is 69.0 Å². The number of sulfone groups is 1. The van der Waals surface area contributed by atoms with Crippen LogP contribution in [-0.2, 0) is 28.2 Å². The highest BCUT2D eigenvalue weighted by Gasteiger charge is 2.49. The molecule has 2 atom stereocenters. The van der Waals surface area contributed by atoms with Crippen molar-refractivity contribution in [1.29, 1.82) is 0 Å². The number of amides is 5. The second-order valence-electron chi connectivity index (χ2n) is 18.1. The fraction of sp³-hybridized carbons (Fsp3) is 0.408. The van der Waals surface area contributed by atoms with Crippen LogP contribution in [0, 0.1) is 17.7 Å². The number of rotatable bonds is 14. The van der Waals surface area contributed by atoms with Crippen molar-refractivity contribution < 1.29 is 55.0 Å². The topological polar surface area (TPSA) is 173 Å². The molecule has 5 heterocycles. The van der Waals surface area contributed by atoms with Crippen LogP contribution < -0.4 is 29.3 Å². The van der Waals surface area contributed by atoms with Gasteiger partial charge in [0.15, 0.2) is 28.9 Å². The van der Waals surface area contributed by atoms with Crippen LogP contribution in [-0.4, -0.2) is 116 Å². The quantitative estimate of drug-likeness (QED) is 0.112. The number of aryl methyl sites for hydroxylation is 1. The first kappa shape index (κ1) is 47.4. The normalized spacial score (nSPS) is 19.5. The Bertz CT molecular complexity index is 2960. The molecule has 0 unspecified atom stereocenters. The predicted octanol–water partition coefficient (Wildman–Crippen LogP) is 7.11. The molecular weight excluding hydrogens is 920 g/mol. The van der Waals surface area contributed by atoms with E-state index < -0.39 is 69.6 Å². The maximum atomic E-state index is 16.0. The number of urea groups is 1. The number of anilines is 2. The second kappa shape index (κ2) is 18.7. The lowest BCUT2D eigenvalue weighted by atomic mass is 9.76. The summed E-state index contributed by atoms with van der Waals surface area (Å²) < 4.78 is 91.3. The monoisotopic (exact) mass is 971 g/mol. The summed E-state index contributed by atoms with van der Waals surface area (Å²) in [7, 11) is -0.558. The number of alkyl halides is 2. The highest BCUT2D eigenvalue weighted by molar-refractivity contribution is 7.90. The number of halogens is 3. The van der Waals surface area contributed by atoms with Gasteiger partial charge in [-0.15, -0.1) is 0 Å². The van der Waals surface area contributed by atoms with Crippen LogP contribution in [0.5, 0.6) is 23.0 Å². The number of likely N-dealkylation sites (tertiary alicyclic amines) is 1. The van der Waals surface area contributed by atoms with Gasteiger partial charge in [-0.2, -0.15) is 5.10 Å². The lowest BCUT2D eigenvalue weighted by Crippen LogP contribution is -2.52. The highest BCUT2D eigenvalue weighted by Crippen LogP contribution is 2.44. The zero-order valence-corrected chi connectivity index (χ0v) is 39.4. The molecule has 0 radical (unpaired) electrons. The largest absolute Gasteiger partial charge is 0.493 e. The molecule has 0 spiro atoms. The molecule has 16 nitrogen and oxygen atoms in total. The first-order valence-electron chi connectivity index (χ1n) is 22.8. The zero-order chi connectivity index (χ0) is 48.9. The van der Waals surface area contributed by atoms with Gasteiger partial charge in [-0.1, -0.05) is 18.2 Å². The summed E-state index contributed by atoms with van der Waals surface area (Å²) in [6.45, 7) is 3.52. The van der Waals surface area contributed by atoms with Gasteiger partial charge in [0.05, 0.1) is 48.7 Å². The average Bonchev–Trinajstić information content (AvgIpc) is 3.75. The average molecular weight is 972 g/mol. The molecule has 4 aliphatic rings. The second-order valence-corrected chi connectivity index (χ2v) is 20.3. The number of hydrogen-bond donors (Lipinski definition) is 1. The first-order valence-corrected chi connectivity index (χ1v) is 24.9. The number of piperidine rings is 2. The molecule has 364 valence electrons. The van der Waals surface area contributed by atoms with E-state index in [0.717, 1.165) is 16.7 Å².